The number of hydrogen-bond acceptors (Lipinski definition) is 6. The molecule has 1 amide bonds. The number of aromatic nitrogens is 5. The fourth-order valence-corrected chi connectivity index (χ4v) is 3.99. The maximum Gasteiger partial charge on any atom is 0.249 e. The minimum Gasteiger partial charge on any atom is -0.497 e. The van der Waals surface area contributed by atoms with Crippen molar-refractivity contribution in [2.24, 2.45) is 0 Å². The highest BCUT2D eigenvalue weighted by atomic mass is 35.5. The number of aromatic amines is 1. The number of imidazole rings is 1. The summed E-state index contributed by atoms with van der Waals surface area (Å²) in [6.45, 7) is 0.293. The molecule has 0 spiro atoms. The van der Waals surface area contributed by atoms with Crippen LogP contribution in [0.25, 0.3) is 22.3 Å². The summed E-state index contributed by atoms with van der Waals surface area (Å²) in [5, 5.41) is 11.6. The van der Waals surface area contributed by atoms with E-state index < -0.39 is 6.04 Å². The Morgan fingerprint density at radius 1 is 1.03 bits per heavy atom. The van der Waals surface area contributed by atoms with Crippen LogP contribution in [0.5, 0.6) is 11.5 Å². The van der Waals surface area contributed by atoms with Gasteiger partial charge >= 0.3 is 0 Å². The van der Waals surface area contributed by atoms with Crippen LogP contribution in [-0.4, -0.2) is 45.1 Å². The molecular formula is C26H25ClN6O3. The van der Waals surface area contributed by atoms with Crippen LogP contribution in [0.2, 0.25) is 0 Å². The molecular weight excluding hydrogens is 480 g/mol. The third-order valence-corrected chi connectivity index (χ3v) is 5.78. The van der Waals surface area contributed by atoms with Crippen LogP contribution < -0.4 is 14.8 Å². The fourth-order valence-electron chi connectivity index (χ4n) is 3.99. The van der Waals surface area contributed by atoms with Crippen molar-refractivity contribution < 1.29 is 14.3 Å². The van der Waals surface area contributed by atoms with Gasteiger partial charge in [-0.25, -0.2) is 9.67 Å². The van der Waals surface area contributed by atoms with E-state index in [0.717, 1.165) is 33.4 Å². The first-order chi connectivity index (χ1) is 17.2. The molecule has 2 heterocycles. The van der Waals surface area contributed by atoms with Crippen molar-refractivity contribution >= 4 is 29.3 Å². The van der Waals surface area contributed by atoms with Gasteiger partial charge in [0.05, 0.1) is 38.0 Å². The van der Waals surface area contributed by atoms with Gasteiger partial charge in [-0.05, 0) is 41.0 Å². The van der Waals surface area contributed by atoms with Gasteiger partial charge in [0.2, 0.25) is 5.91 Å². The van der Waals surface area contributed by atoms with Crippen molar-refractivity contribution in [1.29, 1.82) is 0 Å². The lowest BCUT2D eigenvalue weighted by Gasteiger charge is -2.19. The highest BCUT2D eigenvalue weighted by Crippen LogP contribution is 2.26. The molecule has 0 aliphatic carbocycles. The van der Waals surface area contributed by atoms with Crippen molar-refractivity contribution in [3.8, 4) is 22.8 Å². The Labute approximate surface area is 213 Å². The standard InChI is InChI=1S/C26H24N6O3.ClH/c1-34-20-11-17(12-21(13-20)35-2)14-28-26(33)25(32-24-6-4-3-5-22(24)30-31-32)19-9-7-18(8-10-19)23-15-27-16-29-23;/h3-13,15-16,25H,14H2,1-2H3,(H,27,29)(H,28,33);1H. The van der Waals surface area contributed by atoms with Crippen molar-refractivity contribution in [1.82, 2.24) is 30.3 Å². The third kappa shape index (κ3) is 5.01. The molecule has 0 aliphatic rings. The first-order valence-electron chi connectivity index (χ1n) is 11.0. The minimum absolute atomic E-state index is 0. The van der Waals surface area contributed by atoms with Crippen LogP contribution in [0, 0.1) is 0 Å². The molecule has 5 aromatic rings. The SMILES string of the molecule is COc1cc(CNC(=O)C(c2ccc(-c3cnc[nH]3)cc2)n2nnc3ccccc32)cc(OC)c1.Cl. The molecule has 0 bridgehead atoms. The second kappa shape index (κ2) is 10.9. The second-order valence-electron chi connectivity index (χ2n) is 7.95. The number of methoxy groups -OCH3 is 2. The number of nitrogens with one attached hydrogen (secondary N) is 2. The zero-order valence-corrected chi connectivity index (χ0v) is 20.5. The summed E-state index contributed by atoms with van der Waals surface area (Å²) in [5.74, 6) is 1.10. The largest absolute Gasteiger partial charge is 0.497 e. The maximum atomic E-state index is 13.6. The monoisotopic (exact) mass is 504 g/mol. The van der Waals surface area contributed by atoms with Gasteiger partial charge in [0.15, 0.2) is 6.04 Å². The molecule has 5 rings (SSSR count). The number of carbonyl (C=O) groups excluding carboxylic acids is 1. The van der Waals surface area contributed by atoms with Gasteiger partial charge in [-0.2, -0.15) is 0 Å². The average molecular weight is 505 g/mol. The lowest BCUT2D eigenvalue weighted by molar-refractivity contribution is -0.123. The van der Waals surface area contributed by atoms with Gasteiger partial charge in [-0.1, -0.05) is 41.6 Å². The molecule has 3 aromatic carbocycles. The van der Waals surface area contributed by atoms with E-state index in [0.29, 0.717) is 18.0 Å². The molecule has 9 nitrogen and oxygen atoms in total. The second-order valence-corrected chi connectivity index (χ2v) is 7.95. The number of rotatable bonds is 8. The van der Waals surface area contributed by atoms with E-state index in [9.17, 15) is 4.79 Å². The molecule has 184 valence electrons. The van der Waals surface area contributed by atoms with Crippen LogP contribution in [0.15, 0.2) is 79.3 Å². The van der Waals surface area contributed by atoms with E-state index in [4.69, 9.17) is 9.47 Å². The summed E-state index contributed by atoms with van der Waals surface area (Å²) in [7, 11) is 3.19. The molecule has 2 N–H and O–H groups in total. The molecule has 0 saturated heterocycles. The van der Waals surface area contributed by atoms with E-state index in [1.165, 1.54) is 0 Å². The first kappa shape index (κ1) is 24.7. The summed E-state index contributed by atoms with van der Waals surface area (Å²) in [6.07, 6.45) is 3.39. The number of fused-ring (bicyclic) bond motifs is 1. The smallest absolute Gasteiger partial charge is 0.249 e. The van der Waals surface area contributed by atoms with Gasteiger partial charge in [0, 0.05) is 12.6 Å². The van der Waals surface area contributed by atoms with Crippen molar-refractivity contribution in [2.75, 3.05) is 14.2 Å². The van der Waals surface area contributed by atoms with Gasteiger partial charge in [0.1, 0.15) is 17.0 Å². The summed E-state index contributed by atoms with van der Waals surface area (Å²) >= 11 is 0. The maximum absolute atomic E-state index is 13.6. The van der Waals surface area contributed by atoms with Crippen LogP contribution in [0.1, 0.15) is 17.2 Å². The number of hydrogen-bond donors (Lipinski definition) is 2. The Morgan fingerprint density at radius 3 is 2.42 bits per heavy atom. The quantitative estimate of drug-likeness (QED) is 0.328. The van der Waals surface area contributed by atoms with Gasteiger partial charge in [0.25, 0.3) is 0 Å². The number of H-pyrrole nitrogens is 1. The minimum atomic E-state index is -0.717. The van der Waals surface area contributed by atoms with Gasteiger partial charge in [-0.3, -0.25) is 4.79 Å². The van der Waals surface area contributed by atoms with Gasteiger partial charge < -0.3 is 19.8 Å². The summed E-state index contributed by atoms with van der Waals surface area (Å²) in [4.78, 5) is 20.8. The number of benzene rings is 3. The van der Waals surface area contributed by atoms with E-state index in [1.54, 1.807) is 37.5 Å². The van der Waals surface area contributed by atoms with Crippen molar-refractivity contribution in [2.45, 2.75) is 12.6 Å². The molecule has 2 aromatic heterocycles. The summed E-state index contributed by atoms with van der Waals surface area (Å²) in [6, 6.07) is 20.1. The highest BCUT2D eigenvalue weighted by Gasteiger charge is 2.26. The van der Waals surface area contributed by atoms with Crippen LogP contribution in [-0.2, 0) is 11.3 Å². The lowest BCUT2D eigenvalue weighted by atomic mass is 10.0. The van der Waals surface area contributed by atoms with Crippen LogP contribution >= 0.6 is 12.4 Å². The number of ether oxygens (including phenoxy) is 2. The number of amides is 1. The molecule has 1 atom stereocenters. The Morgan fingerprint density at radius 2 is 1.75 bits per heavy atom. The zero-order valence-electron chi connectivity index (χ0n) is 19.7. The topological polar surface area (TPSA) is 107 Å². The molecule has 36 heavy (non-hydrogen) atoms. The van der Waals surface area contributed by atoms with E-state index in [-0.39, 0.29) is 18.3 Å². The predicted molar refractivity (Wildman–Crippen MR) is 138 cm³/mol. The molecule has 1 unspecified atom stereocenters. The van der Waals surface area contributed by atoms with E-state index in [2.05, 4.69) is 25.6 Å². The first-order valence-corrected chi connectivity index (χ1v) is 11.0. The Bertz CT molecular complexity index is 1430. The van der Waals surface area contributed by atoms with E-state index in [1.807, 2.05) is 60.7 Å². The lowest BCUT2D eigenvalue weighted by Crippen LogP contribution is -2.33. The number of carbonyl (C=O) groups is 1. The number of halogens is 1. The Balaban J connectivity index is 0.00000304. The Kier molecular flexibility index (Phi) is 7.50. The van der Waals surface area contributed by atoms with Crippen molar-refractivity contribution in [3.63, 3.8) is 0 Å². The molecule has 0 saturated carbocycles. The zero-order chi connectivity index (χ0) is 24.2. The number of para-hydroxylation sites is 1. The van der Waals surface area contributed by atoms with Gasteiger partial charge in [-0.15, -0.1) is 17.5 Å². The van der Waals surface area contributed by atoms with Crippen LogP contribution in [0.3, 0.4) is 0 Å². The molecule has 10 heteroatoms. The van der Waals surface area contributed by atoms with E-state index >= 15 is 0 Å². The van der Waals surface area contributed by atoms with Crippen LogP contribution in [0.4, 0.5) is 0 Å². The molecule has 0 radical (unpaired) electrons. The normalized spacial score (nSPS) is 11.5. The summed E-state index contributed by atoms with van der Waals surface area (Å²) in [5.41, 5.74) is 4.99. The third-order valence-electron chi connectivity index (χ3n) is 5.78. The summed E-state index contributed by atoms with van der Waals surface area (Å²) < 4.78 is 12.4. The average Bonchev–Trinajstić information content (AvgIpc) is 3.59. The highest BCUT2D eigenvalue weighted by molar-refractivity contribution is 5.86. The molecule has 0 aliphatic heterocycles. The van der Waals surface area contributed by atoms with Crippen molar-refractivity contribution in [3.05, 3.63) is 90.4 Å². The molecule has 0 fully saturated rings. The predicted octanol–water partition coefficient (Wildman–Crippen LogP) is 4.17. The Hall–Kier alpha value is -4.37. The number of nitrogens with zero attached hydrogens (tertiary/aromatic N) is 4. The fraction of sp³-hybridized carbons (Fsp3) is 0.154.